The second kappa shape index (κ2) is 4.77. The van der Waals surface area contributed by atoms with Gasteiger partial charge >= 0.3 is 0 Å². The van der Waals surface area contributed by atoms with Gasteiger partial charge in [0.1, 0.15) is 0 Å². The highest BCUT2D eigenvalue weighted by Crippen LogP contribution is 2.46. The van der Waals surface area contributed by atoms with Crippen LogP contribution in [0.2, 0.25) is 0 Å². The predicted molar refractivity (Wildman–Crippen MR) is 73.7 cm³/mol. The zero-order valence-corrected chi connectivity index (χ0v) is 12.1. The van der Waals surface area contributed by atoms with Crippen molar-refractivity contribution in [2.24, 2.45) is 11.3 Å². The van der Waals surface area contributed by atoms with Crippen molar-refractivity contribution in [3.8, 4) is 0 Å². The average Bonchev–Trinajstić information content (AvgIpc) is 3.14. The molecule has 3 unspecified atom stereocenters. The zero-order chi connectivity index (χ0) is 12.8. The molecule has 3 atom stereocenters. The first-order valence-electron chi connectivity index (χ1n) is 7.63. The Morgan fingerprint density at radius 3 is 2.67 bits per heavy atom. The van der Waals surface area contributed by atoms with Crippen LogP contribution in [0.25, 0.3) is 0 Å². The quantitative estimate of drug-likeness (QED) is 0.830. The van der Waals surface area contributed by atoms with Crippen LogP contribution >= 0.6 is 0 Å². The molecule has 3 fully saturated rings. The maximum absolute atomic E-state index is 5.60. The molecule has 0 amide bonds. The van der Waals surface area contributed by atoms with E-state index in [2.05, 4.69) is 24.1 Å². The Hall–Kier alpha value is -0.120. The number of nitrogens with zero attached hydrogens (tertiary/aromatic N) is 1. The van der Waals surface area contributed by atoms with E-state index in [1.165, 1.54) is 45.3 Å². The molecule has 2 saturated carbocycles. The Labute approximate surface area is 111 Å². The molecule has 18 heavy (non-hydrogen) atoms. The fraction of sp³-hybridized carbons (Fsp3) is 1.00. The van der Waals surface area contributed by atoms with Crippen molar-refractivity contribution in [2.75, 3.05) is 26.7 Å². The Morgan fingerprint density at radius 2 is 2.06 bits per heavy atom. The maximum atomic E-state index is 5.60. The molecular weight excluding hydrogens is 224 g/mol. The van der Waals surface area contributed by atoms with E-state index in [1.54, 1.807) is 0 Å². The van der Waals surface area contributed by atoms with E-state index in [4.69, 9.17) is 4.74 Å². The molecule has 2 aliphatic carbocycles. The molecule has 3 heteroatoms. The molecule has 0 bridgehead atoms. The molecule has 3 nitrogen and oxygen atoms in total. The van der Waals surface area contributed by atoms with E-state index in [0.29, 0.717) is 11.5 Å². The summed E-state index contributed by atoms with van der Waals surface area (Å²) in [5.41, 5.74) is 0.327. The van der Waals surface area contributed by atoms with Crippen LogP contribution in [-0.4, -0.2) is 49.8 Å². The lowest BCUT2D eigenvalue weighted by Gasteiger charge is -2.55. The van der Waals surface area contributed by atoms with Gasteiger partial charge in [-0.3, -0.25) is 4.90 Å². The molecule has 0 radical (unpaired) electrons. The summed E-state index contributed by atoms with van der Waals surface area (Å²) < 4.78 is 5.60. The van der Waals surface area contributed by atoms with E-state index in [0.717, 1.165) is 18.0 Å². The van der Waals surface area contributed by atoms with Crippen molar-refractivity contribution in [2.45, 2.75) is 57.7 Å². The van der Waals surface area contributed by atoms with Crippen LogP contribution in [0.4, 0.5) is 0 Å². The number of ether oxygens (including phenoxy) is 1. The molecule has 1 heterocycles. The SMILES string of the molecule is COC1CC(N2CCCNC(C3CC3)C2)C1(C)C. The van der Waals surface area contributed by atoms with Gasteiger partial charge in [-0.05, 0) is 44.7 Å². The van der Waals surface area contributed by atoms with Gasteiger partial charge in [-0.15, -0.1) is 0 Å². The highest BCUT2D eigenvalue weighted by Gasteiger charge is 2.51. The van der Waals surface area contributed by atoms with Gasteiger partial charge in [0.2, 0.25) is 0 Å². The summed E-state index contributed by atoms with van der Waals surface area (Å²) in [7, 11) is 1.86. The summed E-state index contributed by atoms with van der Waals surface area (Å²) in [6.45, 7) is 8.48. The highest BCUT2D eigenvalue weighted by atomic mass is 16.5. The fourth-order valence-corrected chi connectivity index (χ4v) is 3.96. The number of methoxy groups -OCH3 is 1. The van der Waals surface area contributed by atoms with E-state index >= 15 is 0 Å². The van der Waals surface area contributed by atoms with Gasteiger partial charge in [-0.2, -0.15) is 0 Å². The minimum atomic E-state index is 0.327. The van der Waals surface area contributed by atoms with Gasteiger partial charge in [0, 0.05) is 31.2 Å². The molecule has 1 N–H and O–H groups in total. The van der Waals surface area contributed by atoms with E-state index < -0.39 is 0 Å². The minimum Gasteiger partial charge on any atom is -0.381 e. The Balaban J connectivity index is 1.64. The van der Waals surface area contributed by atoms with Gasteiger partial charge in [0.25, 0.3) is 0 Å². The summed E-state index contributed by atoms with van der Waals surface area (Å²) in [4.78, 5) is 2.75. The predicted octanol–water partition coefficient (Wildman–Crippen LogP) is 1.87. The minimum absolute atomic E-state index is 0.327. The second-order valence-corrected chi connectivity index (χ2v) is 7.04. The van der Waals surface area contributed by atoms with Crippen LogP contribution < -0.4 is 5.32 Å². The molecule has 0 aromatic heterocycles. The maximum Gasteiger partial charge on any atom is 0.0652 e. The summed E-state index contributed by atoms with van der Waals surface area (Å²) in [5, 5.41) is 3.76. The molecule has 3 rings (SSSR count). The van der Waals surface area contributed by atoms with Crippen LogP contribution in [0.3, 0.4) is 0 Å². The van der Waals surface area contributed by atoms with Gasteiger partial charge in [-0.25, -0.2) is 0 Å². The van der Waals surface area contributed by atoms with Crippen molar-refractivity contribution in [3.63, 3.8) is 0 Å². The fourth-order valence-electron chi connectivity index (χ4n) is 3.96. The standard InChI is InChI=1S/C15H28N2O/c1-15(2)13(9-14(15)18-3)17-8-4-7-16-12(10-17)11-5-6-11/h11-14,16H,4-10H2,1-3H3. The highest BCUT2D eigenvalue weighted by molar-refractivity contribution is 5.05. The van der Waals surface area contributed by atoms with E-state index in [-0.39, 0.29) is 0 Å². The van der Waals surface area contributed by atoms with Gasteiger partial charge in [-0.1, -0.05) is 13.8 Å². The number of rotatable bonds is 3. The first-order chi connectivity index (χ1) is 8.63. The normalized spacial score (nSPS) is 41.2. The van der Waals surface area contributed by atoms with Crippen LogP contribution in [-0.2, 0) is 4.74 Å². The largest absolute Gasteiger partial charge is 0.381 e. The number of nitrogens with one attached hydrogen (secondary N) is 1. The lowest BCUT2D eigenvalue weighted by atomic mass is 9.63. The molecule has 3 aliphatic rings. The Kier molecular flexibility index (Phi) is 3.41. The summed E-state index contributed by atoms with van der Waals surface area (Å²) in [6, 6.07) is 1.48. The van der Waals surface area contributed by atoms with Gasteiger partial charge < -0.3 is 10.1 Å². The average molecular weight is 252 g/mol. The number of hydrogen-bond donors (Lipinski definition) is 1. The lowest BCUT2D eigenvalue weighted by molar-refractivity contribution is -0.138. The summed E-state index contributed by atoms with van der Waals surface area (Å²) >= 11 is 0. The van der Waals surface area contributed by atoms with E-state index in [9.17, 15) is 0 Å². The van der Waals surface area contributed by atoms with Crippen molar-refractivity contribution in [1.29, 1.82) is 0 Å². The molecule has 104 valence electrons. The monoisotopic (exact) mass is 252 g/mol. The van der Waals surface area contributed by atoms with Crippen LogP contribution in [0.5, 0.6) is 0 Å². The molecule has 0 spiro atoms. The third-order valence-corrected chi connectivity index (χ3v) is 5.50. The third-order valence-electron chi connectivity index (χ3n) is 5.50. The Bertz CT molecular complexity index is 301. The topological polar surface area (TPSA) is 24.5 Å². The Morgan fingerprint density at radius 1 is 1.28 bits per heavy atom. The van der Waals surface area contributed by atoms with Crippen molar-refractivity contribution >= 4 is 0 Å². The van der Waals surface area contributed by atoms with Crippen molar-refractivity contribution < 1.29 is 4.74 Å². The summed E-state index contributed by atoms with van der Waals surface area (Å²) in [6.07, 6.45) is 5.87. The summed E-state index contributed by atoms with van der Waals surface area (Å²) in [5.74, 6) is 0.965. The van der Waals surface area contributed by atoms with Crippen LogP contribution in [0, 0.1) is 11.3 Å². The third kappa shape index (κ3) is 2.21. The molecule has 0 aromatic carbocycles. The molecular formula is C15H28N2O. The number of hydrogen-bond acceptors (Lipinski definition) is 3. The first kappa shape index (κ1) is 12.9. The molecule has 1 aliphatic heterocycles. The molecule has 0 aromatic rings. The van der Waals surface area contributed by atoms with Gasteiger partial charge in [0.05, 0.1) is 6.10 Å². The lowest BCUT2D eigenvalue weighted by Crippen LogP contribution is -2.63. The van der Waals surface area contributed by atoms with Crippen molar-refractivity contribution in [3.05, 3.63) is 0 Å². The first-order valence-corrected chi connectivity index (χ1v) is 7.63. The van der Waals surface area contributed by atoms with Crippen molar-refractivity contribution in [1.82, 2.24) is 10.2 Å². The second-order valence-electron chi connectivity index (χ2n) is 7.04. The van der Waals surface area contributed by atoms with Gasteiger partial charge in [0.15, 0.2) is 0 Å². The smallest absolute Gasteiger partial charge is 0.0652 e. The molecule has 1 saturated heterocycles. The van der Waals surface area contributed by atoms with Crippen LogP contribution in [0.15, 0.2) is 0 Å². The zero-order valence-electron chi connectivity index (χ0n) is 12.1. The van der Waals surface area contributed by atoms with Crippen LogP contribution in [0.1, 0.15) is 39.5 Å². The van der Waals surface area contributed by atoms with E-state index in [1.807, 2.05) is 7.11 Å².